The van der Waals surface area contributed by atoms with Gasteiger partial charge in [-0.3, -0.25) is 4.79 Å². The molecular formula is C26H27N3O5S2. The average molecular weight is 526 g/mol. The van der Waals surface area contributed by atoms with E-state index in [-0.39, 0.29) is 23.6 Å². The summed E-state index contributed by atoms with van der Waals surface area (Å²) in [5.41, 5.74) is 1.41. The van der Waals surface area contributed by atoms with E-state index in [1.165, 1.54) is 39.9 Å². The number of hydrogen-bond acceptors (Lipinski definition) is 6. The maximum atomic E-state index is 13.0. The van der Waals surface area contributed by atoms with Crippen molar-refractivity contribution in [3.8, 4) is 12.3 Å². The first-order chi connectivity index (χ1) is 17.2. The van der Waals surface area contributed by atoms with Crippen molar-refractivity contribution in [2.45, 2.75) is 38.1 Å². The van der Waals surface area contributed by atoms with E-state index in [4.69, 9.17) is 11.2 Å². The van der Waals surface area contributed by atoms with Crippen LogP contribution in [0.15, 0.2) is 52.4 Å². The van der Waals surface area contributed by atoms with Crippen molar-refractivity contribution in [1.82, 2.24) is 8.87 Å². The average Bonchev–Trinajstić information content (AvgIpc) is 3.20. The highest BCUT2D eigenvalue weighted by atomic mass is 32.2. The van der Waals surface area contributed by atoms with Gasteiger partial charge in [-0.15, -0.1) is 6.42 Å². The van der Waals surface area contributed by atoms with Crippen LogP contribution in [0.4, 0.5) is 0 Å². The number of amides is 1. The maximum Gasteiger partial charge on any atom is 0.338 e. The highest BCUT2D eigenvalue weighted by Gasteiger charge is 2.28. The second-order valence-corrected chi connectivity index (χ2v) is 11.6. The molecule has 1 aliphatic heterocycles. The molecule has 0 spiro atoms. The van der Waals surface area contributed by atoms with E-state index in [1.807, 2.05) is 6.92 Å². The van der Waals surface area contributed by atoms with Crippen LogP contribution in [0.25, 0.3) is 10.2 Å². The molecule has 10 heteroatoms. The summed E-state index contributed by atoms with van der Waals surface area (Å²) in [5.74, 6) is 1.93. The van der Waals surface area contributed by atoms with E-state index < -0.39 is 21.9 Å². The van der Waals surface area contributed by atoms with Crippen LogP contribution in [0.5, 0.6) is 0 Å². The molecule has 0 N–H and O–H groups in total. The molecule has 1 aromatic heterocycles. The molecule has 0 radical (unpaired) electrons. The third-order valence-electron chi connectivity index (χ3n) is 6.00. The van der Waals surface area contributed by atoms with Crippen LogP contribution in [0.1, 0.15) is 47.4 Å². The van der Waals surface area contributed by atoms with E-state index in [0.29, 0.717) is 29.4 Å². The summed E-state index contributed by atoms with van der Waals surface area (Å²) in [5, 5.41) is 0. The number of esters is 1. The number of carbonyl (C=O) groups is 2. The number of sulfonamides is 1. The van der Waals surface area contributed by atoms with E-state index in [0.717, 1.165) is 23.1 Å². The Morgan fingerprint density at radius 3 is 2.58 bits per heavy atom. The van der Waals surface area contributed by atoms with Crippen LogP contribution in [-0.4, -0.2) is 48.9 Å². The SMILES string of the molecule is C#CCn1c(=NC(=O)c2ccc(S(=O)(=O)N3CCCC(C)C3)cc2)sc2cc(C(=O)OCC)ccc21. The van der Waals surface area contributed by atoms with Crippen LogP contribution in [0.2, 0.25) is 0 Å². The zero-order chi connectivity index (χ0) is 25.9. The topological polar surface area (TPSA) is 98.0 Å². The predicted octanol–water partition coefficient (Wildman–Crippen LogP) is 3.67. The Balaban J connectivity index is 1.64. The van der Waals surface area contributed by atoms with E-state index in [1.54, 1.807) is 29.7 Å². The summed E-state index contributed by atoms with van der Waals surface area (Å²) in [6.07, 6.45) is 7.39. The third kappa shape index (κ3) is 5.28. The molecule has 1 saturated heterocycles. The molecule has 1 atom stereocenters. The number of rotatable bonds is 6. The Hall–Kier alpha value is -3.26. The minimum absolute atomic E-state index is 0.156. The van der Waals surface area contributed by atoms with Gasteiger partial charge in [0.25, 0.3) is 5.91 Å². The van der Waals surface area contributed by atoms with Gasteiger partial charge in [-0.25, -0.2) is 13.2 Å². The Bertz CT molecular complexity index is 1510. The summed E-state index contributed by atoms with van der Waals surface area (Å²) in [7, 11) is -3.61. The molecule has 1 aliphatic rings. The van der Waals surface area contributed by atoms with Gasteiger partial charge in [-0.2, -0.15) is 9.30 Å². The molecule has 1 amide bonds. The standard InChI is InChI=1S/C26H27N3O5S2/c1-4-14-29-22-13-10-20(25(31)34-5-2)16-23(22)35-26(29)27-24(30)19-8-11-21(12-9-19)36(32,33)28-15-6-7-18(3)17-28/h1,8-13,16,18H,5-7,14-15,17H2,2-3H3. The Labute approximate surface area is 214 Å². The first-order valence-corrected chi connectivity index (χ1v) is 13.9. The number of benzene rings is 2. The summed E-state index contributed by atoms with van der Waals surface area (Å²) in [4.78, 5) is 29.9. The fraction of sp³-hybridized carbons (Fsp3) is 0.346. The van der Waals surface area contributed by atoms with Gasteiger partial charge in [0.15, 0.2) is 4.80 Å². The van der Waals surface area contributed by atoms with Crippen molar-refractivity contribution in [3.05, 3.63) is 58.4 Å². The Morgan fingerprint density at radius 1 is 1.19 bits per heavy atom. The van der Waals surface area contributed by atoms with Gasteiger partial charge in [0.2, 0.25) is 10.0 Å². The normalized spacial score (nSPS) is 17.1. The molecule has 3 aromatic rings. The number of hydrogen-bond donors (Lipinski definition) is 0. The fourth-order valence-electron chi connectivity index (χ4n) is 4.18. The van der Waals surface area contributed by atoms with Crippen molar-refractivity contribution in [3.63, 3.8) is 0 Å². The number of carbonyl (C=O) groups excluding carboxylic acids is 2. The summed E-state index contributed by atoms with van der Waals surface area (Å²) < 4.78 is 35.0. The van der Waals surface area contributed by atoms with Crippen molar-refractivity contribution in [1.29, 1.82) is 0 Å². The van der Waals surface area contributed by atoms with E-state index in [2.05, 4.69) is 10.9 Å². The largest absolute Gasteiger partial charge is 0.462 e. The monoisotopic (exact) mass is 525 g/mol. The van der Waals surface area contributed by atoms with Gasteiger partial charge in [-0.1, -0.05) is 24.2 Å². The zero-order valence-corrected chi connectivity index (χ0v) is 21.8. The maximum absolute atomic E-state index is 13.0. The van der Waals surface area contributed by atoms with Crippen molar-refractivity contribution < 1.29 is 22.7 Å². The minimum atomic E-state index is -3.61. The third-order valence-corrected chi connectivity index (χ3v) is 8.92. The molecule has 188 valence electrons. The number of fused-ring (bicyclic) bond motifs is 1. The highest BCUT2D eigenvalue weighted by Crippen LogP contribution is 2.24. The molecule has 2 aromatic carbocycles. The fourth-order valence-corrected chi connectivity index (χ4v) is 6.84. The smallest absolute Gasteiger partial charge is 0.338 e. The van der Waals surface area contributed by atoms with Crippen LogP contribution in [-0.2, 0) is 21.3 Å². The number of nitrogens with zero attached hydrogens (tertiary/aromatic N) is 3. The number of piperidine rings is 1. The van der Waals surface area contributed by atoms with Gasteiger partial charge in [0, 0.05) is 18.7 Å². The molecule has 2 heterocycles. The van der Waals surface area contributed by atoms with E-state index in [9.17, 15) is 18.0 Å². The van der Waals surface area contributed by atoms with Crippen molar-refractivity contribution in [2.24, 2.45) is 10.9 Å². The van der Waals surface area contributed by atoms with Crippen LogP contribution in [0, 0.1) is 18.3 Å². The van der Waals surface area contributed by atoms with Gasteiger partial charge in [0.05, 0.1) is 33.8 Å². The van der Waals surface area contributed by atoms with Gasteiger partial charge < -0.3 is 9.30 Å². The molecule has 36 heavy (non-hydrogen) atoms. The number of terminal acetylenes is 1. The Kier molecular flexibility index (Phi) is 7.73. The number of aromatic nitrogens is 1. The van der Waals surface area contributed by atoms with Gasteiger partial charge in [-0.05, 0) is 68.1 Å². The summed E-state index contributed by atoms with van der Waals surface area (Å²) >= 11 is 1.23. The van der Waals surface area contributed by atoms with Crippen LogP contribution >= 0.6 is 11.3 Å². The zero-order valence-electron chi connectivity index (χ0n) is 20.1. The summed E-state index contributed by atoms with van der Waals surface area (Å²) in [6, 6.07) is 10.9. The van der Waals surface area contributed by atoms with Gasteiger partial charge >= 0.3 is 5.97 Å². The molecule has 4 rings (SSSR count). The number of ether oxygens (including phenoxy) is 1. The Morgan fingerprint density at radius 2 is 1.92 bits per heavy atom. The van der Waals surface area contributed by atoms with Crippen LogP contribution < -0.4 is 4.80 Å². The van der Waals surface area contributed by atoms with Gasteiger partial charge in [0.1, 0.15) is 0 Å². The highest BCUT2D eigenvalue weighted by molar-refractivity contribution is 7.89. The lowest BCUT2D eigenvalue weighted by molar-refractivity contribution is 0.0526. The van der Waals surface area contributed by atoms with E-state index >= 15 is 0 Å². The second-order valence-electron chi connectivity index (χ2n) is 8.63. The van der Waals surface area contributed by atoms with Crippen molar-refractivity contribution in [2.75, 3.05) is 19.7 Å². The lowest BCUT2D eigenvalue weighted by Gasteiger charge is -2.30. The molecule has 0 saturated carbocycles. The predicted molar refractivity (Wildman–Crippen MR) is 138 cm³/mol. The minimum Gasteiger partial charge on any atom is -0.462 e. The first-order valence-electron chi connectivity index (χ1n) is 11.7. The quantitative estimate of drug-likeness (QED) is 0.361. The second kappa shape index (κ2) is 10.8. The number of thiazole rings is 1. The summed E-state index contributed by atoms with van der Waals surface area (Å²) in [6.45, 7) is 5.24. The van der Waals surface area contributed by atoms with Crippen LogP contribution in [0.3, 0.4) is 0 Å². The first kappa shape index (κ1) is 25.8. The molecule has 0 bridgehead atoms. The lowest BCUT2D eigenvalue weighted by Crippen LogP contribution is -2.39. The molecule has 8 nitrogen and oxygen atoms in total. The van der Waals surface area contributed by atoms with Crippen molar-refractivity contribution >= 4 is 43.5 Å². The molecule has 1 fully saturated rings. The lowest BCUT2D eigenvalue weighted by atomic mass is 10.0. The molecular weight excluding hydrogens is 498 g/mol. The molecule has 1 unspecified atom stereocenters. The molecule has 0 aliphatic carbocycles.